The second kappa shape index (κ2) is 63.5. The van der Waals surface area contributed by atoms with Crippen molar-refractivity contribution in [2.75, 3.05) is 39.6 Å². The van der Waals surface area contributed by atoms with Gasteiger partial charge < -0.3 is 33.8 Å². The number of aliphatic hydroxyl groups excluding tert-OH is 1. The minimum Gasteiger partial charge on any atom is -0.462 e. The molecule has 93 heavy (non-hydrogen) atoms. The van der Waals surface area contributed by atoms with Crippen molar-refractivity contribution in [3.8, 4) is 0 Å². The van der Waals surface area contributed by atoms with Crippen LogP contribution in [0.4, 0.5) is 0 Å². The Hall–Kier alpha value is -1.94. The molecule has 0 saturated heterocycles. The summed E-state index contributed by atoms with van der Waals surface area (Å²) in [7, 11) is -9.91. The first-order valence-corrected chi connectivity index (χ1v) is 41.2. The van der Waals surface area contributed by atoms with E-state index in [0.29, 0.717) is 31.6 Å². The van der Waals surface area contributed by atoms with Crippen LogP contribution < -0.4 is 0 Å². The number of ether oxygens (including phenoxy) is 4. The third-order valence-electron chi connectivity index (χ3n) is 17.4. The third-order valence-corrected chi connectivity index (χ3v) is 19.3. The average molecular weight is 1370 g/mol. The highest BCUT2D eigenvalue weighted by Gasteiger charge is 2.30. The number of carbonyl (C=O) groups excluding carboxylic acids is 4. The van der Waals surface area contributed by atoms with Crippen molar-refractivity contribution in [2.45, 2.75) is 388 Å². The maximum atomic E-state index is 13.1. The molecular formula is C74H144O17P2. The van der Waals surface area contributed by atoms with E-state index in [2.05, 4.69) is 55.4 Å². The zero-order valence-corrected chi connectivity index (χ0v) is 62.7. The minimum absolute atomic E-state index is 0.105. The lowest BCUT2D eigenvalue weighted by atomic mass is 9.99. The molecule has 0 aliphatic carbocycles. The Balaban J connectivity index is 5.26. The van der Waals surface area contributed by atoms with Crippen LogP contribution in [0.3, 0.4) is 0 Å². The Morgan fingerprint density at radius 1 is 0.301 bits per heavy atom. The number of esters is 4. The number of unbranched alkanes of at least 4 members (excludes halogenated alkanes) is 36. The lowest BCUT2D eigenvalue weighted by molar-refractivity contribution is -0.161. The summed E-state index contributed by atoms with van der Waals surface area (Å²) in [5, 5.41) is 10.6. The van der Waals surface area contributed by atoms with Crippen LogP contribution in [0.5, 0.6) is 0 Å². The van der Waals surface area contributed by atoms with Crippen LogP contribution in [0.1, 0.15) is 370 Å². The van der Waals surface area contributed by atoms with Gasteiger partial charge in [0, 0.05) is 25.7 Å². The summed E-state index contributed by atoms with van der Waals surface area (Å²) < 4.78 is 68.5. The normalized spacial score (nSPS) is 14.5. The van der Waals surface area contributed by atoms with Gasteiger partial charge in [0.25, 0.3) is 0 Å². The number of phosphoric ester groups is 2. The summed E-state index contributed by atoms with van der Waals surface area (Å²) >= 11 is 0. The maximum Gasteiger partial charge on any atom is 0.472 e. The highest BCUT2D eigenvalue weighted by molar-refractivity contribution is 7.47. The molecular weight excluding hydrogens is 1220 g/mol. The van der Waals surface area contributed by atoms with Crippen molar-refractivity contribution in [1.29, 1.82) is 0 Å². The molecule has 0 aromatic carbocycles. The molecule has 0 rings (SSSR count). The first kappa shape index (κ1) is 91.1. The first-order chi connectivity index (χ1) is 44.6. The second-order valence-electron chi connectivity index (χ2n) is 28.4. The maximum absolute atomic E-state index is 13.1. The standard InChI is InChI=1S/C74H144O17P2/c1-9-67(8)53-45-37-29-21-16-18-24-32-41-49-57-74(79)91-70(61-85-72(77)55-47-39-33-25-28-36-44-52-66(6)7)63-89-93(82,83)87-59-68(75)58-86-92(80,81)88-62-69(60-84-71(76)54-46-38-30-22-17-15-20-27-35-43-51-65(4)5)90-73(78)56-48-40-31-23-14-12-10-11-13-19-26-34-42-50-64(2)3/h64-70,75H,9-63H2,1-8H3,(H,80,81)(H,82,83)/t67?,68?,69-,70-/m1/s1. The number of aliphatic hydroxyl groups is 1. The predicted molar refractivity (Wildman–Crippen MR) is 377 cm³/mol. The fourth-order valence-electron chi connectivity index (χ4n) is 11.2. The lowest BCUT2D eigenvalue weighted by Gasteiger charge is -2.21. The molecule has 17 nitrogen and oxygen atoms in total. The summed E-state index contributed by atoms with van der Waals surface area (Å²) in [5.74, 6) is 0.929. The number of hydrogen-bond acceptors (Lipinski definition) is 15. The van der Waals surface area contributed by atoms with Gasteiger partial charge in [-0.2, -0.15) is 0 Å². The van der Waals surface area contributed by atoms with Gasteiger partial charge in [0.1, 0.15) is 19.3 Å². The number of hydrogen-bond donors (Lipinski definition) is 3. The highest BCUT2D eigenvalue weighted by atomic mass is 31.2. The van der Waals surface area contributed by atoms with Crippen LogP contribution in [0.15, 0.2) is 0 Å². The van der Waals surface area contributed by atoms with E-state index in [1.54, 1.807) is 0 Å². The van der Waals surface area contributed by atoms with E-state index in [0.717, 1.165) is 114 Å². The molecule has 6 atom stereocenters. The van der Waals surface area contributed by atoms with Gasteiger partial charge in [-0.25, -0.2) is 9.13 Å². The molecule has 0 aromatic heterocycles. The van der Waals surface area contributed by atoms with Gasteiger partial charge in [-0.1, -0.05) is 319 Å². The summed E-state index contributed by atoms with van der Waals surface area (Å²) in [4.78, 5) is 72.7. The monoisotopic (exact) mass is 1370 g/mol. The van der Waals surface area contributed by atoms with Gasteiger partial charge in [-0.15, -0.1) is 0 Å². The Morgan fingerprint density at radius 2 is 0.516 bits per heavy atom. The molecule has 552 valence electrons. The molecule has 0 amide bonds. The molecule has 4 unspecified atom stereocenters. The lowest BCUT2D eigenvalue weighted by Crippen LogP contribution is -2.30. The van der Waals surface area contributed by atoms with Crippen LogP contribution in [0.25, 0.3) is 0 Å². The van der Waals surface area contributed by atoms with Crippen LogP contribution in [-0.4, -0.2) is 96.7 Å². The molecule has 0 aliphatic rings. The molecule has 19 heteroatoms. The zero-order chi connectivity index (χ0) is 68.9. The molecule has 0 fully saturated rings. The van der Waals surface area contributed by atoms with Gasteiger partial charge in [0.2, 0.25) is 0 Å². The smallest absolute Gasteiger partial charge is 0.462 e. The molecule has 0 radical (unpaired) electrons. The summed E-state index contributed by atoms with van der Waals surface area (Å²) in [6.45, 7) is 14.2. The van der Waals surface area contributed by atoms with Crippen molar-refractivity contribution in [1.82, 2.24) is 0 Å². The first-order valence-electron chi connectivity index (χ1n) is 38.2. The third kappa shape index (κ3) is 67.0. The Labute approximate surface area is 568 Å². The van der Waals surface area contributed by atoms with Gasteiger partial charge in [0.15, 0.2) is 12.2 Å². The topological polar surface area (TPSA) is 237 Å². The van der Waals surface area contributed by atoms with E-state index in [-0.39, 0.29) is 25.7 Å². The van der Waals surface area contributed by atoms with Crippen molar-refractivity contribution in [3.63, 3.8) is 0 Å². The molecule has 0 aliphatic heterocycles. The molecule has 0 heterocycles. The Kier molecular flexibility index (Phi) is 62.2. The summed E-state index contributed by atoms with van der Waals surface area (Å²) in [6.07, 6.45) is 47.1. The largest absolute Gasteiger partial charge is 0.472 e. The zero-order valence-electron chi connectivity index (χ0n) is 60.9. The van der Waals surface area contributed by atoms with Gasteiger partial charge in [0.05, 0.1) is 26.4 Å². The Bertz CT molecular complexity index is 1840. The van der Waals surface area contributed by atoms with E-state index in [4.69, 9.17) is 37.0 Å². The second-order valence-corrected chi connectivity index (χ2v) is 31.3. The fourth-order valence-corrected chi connectivity index (χ4v) is 12.7. The van der Waals surface area contributed by atoms with E-state index in [1.807, 2.05) is 0 Å². The van der Waals surface area contributed by atoms with E-state index < -0.39 is 97.5 Å². The molecule has 0 spiro atoms. The van der Waals surface area contributed by atoms with Crippen LogP contribution in [0.2, 0.25) is 0 Å². The van der Waals surface area contributed by atoms with E-state index in [9.17, 15) is 43.2 Å². The Morgan fingerprint density at radius 3 is 0.763 bits per heavy atom. The highest BCUT2D eigenvalue weighted by Crippen LogP contribution is 2.45. The summed E-state index contributed by atoms with van der Waals surface area (Å²) in [5.41, 5.74) is 0. The van der Waals surface area contributed by atoms with Crippen molar-refractivity contribution < 1.29 is 80.2 Å². The van der Waals surface area contributed by atoms with Crippen LogP contribution in [-0.2, 0) is 65.4 Å². The van der Waals surface area contributed by atoms with E-state index >= 15 is 0 Å². The molecule has 0 bridgehead atoms. The number of carbonyl (C=O) groups is 4. The minimum atomic E-state index is -4.96. The SMILES string of the molecule is CCC(C)CCCCCCCCCCCCC(=O)O[C@H](COC(=O)CCCCCCCCCC(C)C)COP(=O)(O)OCC(O)COP(=O)(O)OC[C@@H](COC(=O)CCCCCCCCCCCCC(C)C)OC(=O)CCCCCCCCCCCCCCCC(C)C. The molecule has 0 saturated carbocycles. The van der Waals surface area contributed by atoms with Crippen molar-refractivity contribution >= 4 is 39.5 Å². The number of phosphoric acid groups is 2. The average Bonchev–Trinajstić information content (AvgIpc) is 1.73. The van der Waals surface area contributed by atoms with Gasteiger partial charge in [-0.05, 0) is 49.4 Å². The summed E-state index contributed by atoms with van der Waals surface area (Å²) in [6, 6.07) is 0. The quantitative estimate of drug-likeness (QED) is 0.0222. The van der Waals surface area contributed by atoms with Gasteiger partial charge >= 0.3 is 39.5 Å². The van der Waals surface area contributed by atoms with Crippen LogP contribution in [0, 0.1) is 23.7 Å². The van der Waals surface area contributed by atoms with E-state index in [1.165, 1.54) is 167 Å². The van der Waals surface area contributed by atoms with Gasteiger partial charge in [-0.3, -0.25) is 37.3 Å². The van der Waals surface area contributed by atoms with Crippen molar-refractivity contribution in [3.05, 3.63) is 0 Å². The fraction of sp³-hybridized carbons (Fsp3) is 0.946. The number of rotatable bonds is 71. The van der Waals surface area contributed by atoms with Crippen LogP contribution >= 0.6 is 15.6 Å². The van der Waals surface area contributed by atoms with Crippen molar-refractivity contribution in [2.24, 2.45) is 23.7 Å². The molecule has 0 aromatic rings. The predicted octanol–water partition coefficient (Wildman–Crippen LogP) is 21.3. The molecule has 3 N–H and O–H groups in total.